The molecular formula is C44H46N4O8. The van der Waals surface area contributed by atoms with Gasteiger partial charge in [0, 0.05) is 17.5 Å². The predicted octanol–water partition coefficient (Wildman–Crippen LogP) is 6.94. The standard InChI is InChI=1S/C44H46N4O8/c1-27(2)37-41-46-34(24-45)39(55-41)44(52,32-18-12-13-19-36(32)54-26-29-16-10-7-11-17-29)38(49)31-22-30(20-21-35(31)53-25-28-14-8-6-9-15-28)23-33(40(50)48-37)47-42(51)56-43(3,4)5/h6-22,27,33,37-38,49,52H,23,25-26H2,1-5H3,(H,47,51)(H,48,50)/t33-,37-,38-,44-/m0/s1. The van der Waals surface area contributed by atoms with Crippen molar-refractivity contribution in [3.8, 4) is 17.6 Å². The molecule has 2 heterocycles. The van der Waals surface area contributed by atoms with E-state index in [4.69, 9.17) is 18.6 Å². The molecule has 0 saturated heterocycles. The molecular weight excluding hydrogens is 713 g/mol. The van der Waals surface area contributed by atoms with Crippen LogP contribution in [-0.4, -0.2) is 38.8 Å². The lowest BCUT2D eigenvalue weighted by Gasteiger charge is -2.34. The number of oxazole rings is 1. The number of para-hydroxylation sites is 1. The number of carbonyl (C=O) groups excluding carboxylic acids is 2. The van der Waals surface area contributed by atoms with Crippen LogP contribution in [0.3, 0.4) is 0 Å². The van der Waals surface area contributed by atoms with Crippen molar-refractivity contribution in [3.05, 3.63) is 148 Å². The average Bonchev–Trinajstić information content (AvgIpc) is 3.62. The summed E-state index contributed by atoms with van der Waals surface area (Å²) >= 11 is 0. The van der Waals surface area contributed by atoms with Gasteiger partial charge in [0.2, 0.25) is 11.8 Å². The number of alkyl carbamates (subject to hydrolysis) is 1. The van der Waals surface area contributed by atoms with Crippen LogP contribution in [0.2, 0.25) is 0 Å². The molecule has 0 radical (unpaired) electrons. The van der Waals surface area contributed by atoms with E-state index in [0.29, 0.717) is 5.56 Å². The fraction of sp³-hybridized carbons (Fsp3) is 0.318. The summed E-state index contributed by atoms with van der Waals surface area (Å²) in [7, 11) is 0. The summed E-state index contributed by atoms with van der Waals surface area (Å²) in [5, 5.41) is 42.2. The van der Waals surface area contributed by atoms with Gasteiger partial charge in [-0.15, -0.1) is 0 Å². The van der Waals surface area contributed by atoms with Crippen molar-refractivity contribution in [1.82, 2.24) is 15.6 Å². The number of aromatic nitrogens is 1. The number of amides is 2. The molecule has 1 aliphatic rings. The molecule has 4 atom stereocenters. The molecule has 0 aliphatic carbocycles. The number of nitriles is 1. The number of rotatable bonds is 9. The summed E-state index contributed by atoms with van der Waals surface area (Å²) in [4.78, 5) is 31.7. The van der Waals surface area contributed by atoms with Crippen molar-refractivity contribution in [3.63, 3.8) is 0 Å². The molecule has 12 nitrogen and oxygen atoms in total. The van der Waals surface area contributed by atoms with E-state index in [0.717, 1.165) is 11.1 Å². The molecule has 2 amide bonds. The Kier molecular flexibility index (Phi) is 11.8. The number of nitrogens with zero attached hydrogens (tertiary/aromatic N) is 2. The quantitative estimate of drug-likeness (QED) is 0.123. The highest BCUT2D eigenvalue weighted by Crippen LogP contribution is 2.49. The van der Waals surface area contributed by atoms with Gasteiger partial charge in [-0.2, -0.15) is 5.26 Å². The SMILES string of the molecule is CC(C)[C@@H]1NC(=O)[C@@H](NC(=O)OC(C)(C)C)Cc2ccc(OCc3ccccc3)c(c2)[C@H](O)[C@@](O)(c2ccccc2OCc2ccccc2)c2oc1nc2C#N. The maximum atomic E-state index is 14.1. The Balaban J connectivity index is 1.56. The molecule has 0 saturated carbocycles. The van der Waals surface area contributed by atoms with Crippen LogP contribution in [-0.2, 0) is 34.8 Å². The molecule has 1 aromatic heterocycles. The van der Waals surface area contributed by atoms with Gasteiger partial charge in [0.15, 0.2) is 17.1 Å². The van der Waals surface area contributed by atoms with Crippen molar-refractivity contribution in [2.24, 2.45) is 5.92 Å². The van der Waals surface area contributed by atoms with Crippen LogP contribution in [0.4, 0.5) is 4.79 Å². The van der Waals surface area contributed by atoms with Gasteiger partial charge in [-0.3, -0.25) is 4.79 Å². The minimum atomic E-state index is -2.51. The maximum Gasteiger partial charge on any atom is 0.408 e. The van der Waals surface area contributed by atoms with E-state index in [1.807, 2.05) is 80.6 Å². The average molecular weight is 759 g/mol. The van der Waals surface area contributed by atoms with Gasteiger partial charge in [0.1, 0.15) is 54.6 Å². The first kappa shape index (κ1) is 39.5. The fourth-order valence-corrected chi connectivity index (χ4v) is 6.53. The van der Waals surface area contributed by atoms with E-state index in [-0.39, 0.29) is 65.5 Å². The normalized spacial score (nSPS) is 19.7. The van der Waals surface area contributed by atoms with Crippen molar-refractivity contribution >= 4 is 12.0 Å². The Bertz CT molecular complexity index is 2190. The largest absolute Gasteiger partial charge is 0.489 e. The Morgan fingerprint density at radius 2 is 1.57 bits per heavy atom. The monoisotopic (exact) mass is 758 g/mol. The number of hydrogen-bond acceptors (Lipinski definition) is 10. The van der Waals surface area contributed by atoms with Gasteiger partial charge in [-0.05, 0) is 61.6 Å². The highest BCUT2D eigenvalue weighted by atomic mass is 16.6. The summed E-state index contributed by atoms with van der Waals surface area (Å²) in [5.41, 5.74) is -1.25. The molecule has 1 aliphatic heterocycles. The van der Waals surface area contributed by atoms with Crippen LogP contribution in [0.1, 0.15) is 91.9 Å². The van der Waals surface area contributed by atoms with E-state index in [2.05, 4.69) is 15.6 Å². The van der Waals surface area contributed by atoms with Crippen LogP contribution in [0.25, 0.3) is 0 Å². The Morgan fingerprint density at radius 3 is 2.18 bits per heavy atom. The predicted molar refractivity (Wildman–Crippen MR) is 206 cm³/mol. The zero-order valence-electron chi connectivity index (χ0n) is 32.0. The third kappa shape index (κ3) is 8.86. The molecule has 56 heavy (non-hydrogen) atoms. The summed E-state index contributed by atoms with van der Waals surface area (Å²) in [6, 6.07) is 30.4. The number of aliphatic hydroxyl groups excluding tert-OH is 1. The molecule has 0 unspecified atom stereocenters. The van der Waals surface area contributed by atoms with Crippen LogP contribution in [0, 0.1) is 17.2 Å². The molecule has 6 rings (SSSR count). The Hall–Kier alpha value is -6.16. The molecule has 4 aromatic carbocycles. The van der Waals surface area contributed by atoms with Crippen molar-refractivity contribution < 1.29 is 38.4 Å². The first-order valence-corrected chi connectivity index (χ1v) is 18.4. The molecule has 290 valence electrons. The molecule has 4 bridgehead atoms. The van der Waals surface area contributed by atoms with E-state index >= 15 is 0 Å². The minimum absolute atomic E-state index is 0.0384. The topological polar surface area (TPSA) is 176 Å². The lowest BCUT2D eigenvalue weighted by molar-refractivity contribution is -0.124. The van der Waals surface area contributed by atoms with Crippen LogP contribution in [0.5, 0.6) is 11.5 Å². The van der Waals surface area contributed by atoms with E-state index in [1.165, 1.54) is 0 Å². The first-order chi connectivity index (χ1) is 26.8. The molecule has 0 fully saturated rings. The number of fused-ring (bicyclic) bond motifs is 4. The first-order valence-electron chi connectivity index (χ1n) is 18.4. The van der Waals surface area contributed by atoms with E-state index < -0.39 is 41.4 Å². The zero-order chi connectivity index (χ0) is 40.0. The van der Waals surface area contributed by atoms with Crippen LogP contribution < -0.4 is 20.1 Å². The van der Waals surface area contributed by atoms with Crippen LogP contribution in [0.15, 0.2) is 108 Å². The van der Waals surface area contributed by atoms with Gasteiger partial charge >= 0.3 is 6.09 Å². The summed E-state index contributed by atoms with van der Waals surface area (Å²) in [5.74, 6) is -0.949. The smallest absolute Gasteiger partial charge is 0.408 e. The lowest BCUT2D eigenvalue weighted by atomic mass is 9.80. The number of aliphatic hydroxyl groups is 2. The third-order valence-corrected chi connectivity index (χ3v) is 9.31. The van der Waals surface area contributed by atoms with Gasteiger partial charge in [-0.25, -0.2) is 9.78 Å². The summed E-state index contributed by atoms with van der Waals surface area (Å²) in [6.45, 7) is 9.04. The Morgan fingerprint density at radius 1 is 0.964 bits per heavy atom. The minimum Gasteiger partial charge on any atom is -0.489 e. The maximum absolute atomic E-state index is 14.1. The second-order valence-electron chi connectivity index (χ2n) is 15.1. The lowest BCUT2D eigenvalue weighted by Crippen LogP contribution is -2.50. The Labute approximate surface area is 326 Å². The molecule has 0 spiro atoms. The second-order valence-corrected chi connectivity index (χ2v) is 15.1. The van der Waals surface area contributed by atoms with Gasteiger partial charge in [0.05, 0.1) is 0 Å². The zero-order valence-corrected chi connectivity index (χ0v) is 32.0. The molecule has 12 heteroatoms. The third-order valence-electron chi connectivity index (χ3n) is 9.31. The van der Waals surface area contributed by atoms with Crippen molar-refractivity contribution in [1.29, 1.82) is 5.26 Å². The van der Waals surface area contributed by atoms with Gasteiger partial charge in [0.25, 0.3) is 0 Å². The summed E-state index contributed by atoms with van der Waals surface area (Å²) in [6.07, 6.45) is -2.72. The number of benzene rings is 4. The fourth-order valence-electron chi connectivity index (χ4n) is 6.53. The van der Waals surface area contributed by atoms with Gasteiger partial charge in [-0.1, -0.05) is 98.8 Å². The number of nitrogens with one attached hydrogen (secondary N) is 2. The van der Waals surface area contributed by atoms with E-state index in [9.17, 15) is 25.1 Å². The number of carbonyl (C=O) groups is 2. The number of ether oxygens (including phenoxy) is 3. The van der Waals surface area contributed by atoms with Crippen LogP contribution >= 0.6 is 0 Å². The molecule has 4 N–H and O–H groups in total. The van der Waals surface area contributed by atoms with Crippen molar-refractivity contribution in [2.45, 2.75) is 83.6 Å². The van der Waals surface area contributed by atoms with Gasteiger partial charge < -0.3 is 39.5 Å². The second kappa shape index (κ2) is 16.7. The highest BCUT2D eigenvalue weighted by Gasteiger charge is 2.50. The number of hydrogen-bond donors (Lipinski definition) is 4. The van der Waals surface area contributed by atoms with Crippen molar-refractivity contribution in [2.75, 3.05) is 0 Å². The molecule has 5 aromatic rings. The highest BCUT2D eigenvalue weighted by molar-refractivity contribution is 5.86. The summed E-state index contributed by atoms with van der Waals surface area (Å²) < 4.78 is 24.5. The van der Waals surface area contributed by atoms with E-state index in [1.54, 1.807) is 63.2 Å².